The topological polar surface area (TPSA) is 108 Å². The maximum absolute atomic E-state index is 11.3. The van der Waals surface area contributed by atoms with Crippen molar-refractivity contribution in [2.75, 3.05) is 11.3 Å². The molecule has 0 bridgehead atoms. The van der Waals surface area contributed by atoms with Crippen LogP contribution >= 0.6 is 0 Å². The van der Waals surface area contributed by atoms with Crippen LogP contribution in [0.1, 0.15) is 17.3 Å². The molecule has 1 aromatic rings. The summed E-state index contributed by atoms with van der Waals surface area (Å²) in [5, 5.41) is 8.81. The first kappa shape index (κ1) is 12.4. The van der Waals surface area contributed by atoms with E-state index in [2.05, 4.69) is 14.4 Å². The molecule has 0 saturated carbocycles. The molecule has 1 heterocycles. The zero-order valence-electron chi connectivity index (χ0n) is 8.47. The summed E-state index contributed by atoms with van der Waals surface area (Å²) in [6.45, 7) is 1.82. The average molecular weight is 245 g/mol. The molecule has 0 aliphatic heterocycles. The largest absolute Gasteiger partial charge is 0.478 e. The molecule has 16 heavy (non-hydrogen) atoms. The predicted octanol–water partition coefficient (Wildman–Crippen LogP) is 0.0460. The number of hydrogen-bond acceptors (Lipinski definition) is 4. The Kier molecular flexibility index (Phi) is 3.80. The van der Waals surface area contributed by atoms with Crippen molar-refractivity contribution < 1.29 is 18.3 Å². The second-order valence-corrected chi connectivity index (χ2v) is 4.33. The molecular weight excluding hydrogens is 234 g/mol. The number of anilines is 1. The number of pyridine rings is 1. The molecule has 0 fully saturated rings. The molecule has 8 heteroatoms. The lowest BCUT2D eigenvalue weighted by Crippen LogP contribution is -2.30. The fourth-order valence-electron chi connectivity index (χ4n) is 1.03. The molecule has 0 aliphatic rings. The number of rotatable bonds is 5. The Morgan fingerprint density at radius 2 is 2.25 bits per heavy atom. The van der Waals surface area contributed by atoms with Gasteiger partial charge in [-0.05, 0) is 6.07 Å². The lowest BCUT2D eigenvalue weighted by Gasteiger charge is -2.09. The highest BCUT2D eigenvalue weighted by atomic mass is 32.2. The standard InChI is InChI=1S/C8H11N3O4S/c1-2-10-16(14,15)11-7-5-9-4-3-6(7)8(12)13/h3-5,10-11H,2H2,1H3,(H,12,13). The molecule has 0 aliphatic carbocycles. The monoisotopic (exact) mass is 245 g/mol. The summed E-state index contributed by atoms with van der Waals surface area (Å²) in [6, 6.07) is 1.21. The van der Waals surface area contributed by atoms with Crippen molar-refractivity contribution in [3.05, 3.63) is 24.0 Å². The molecular formula is C8H11N3O4S. The predicted molar refractivity (Wildman–Crippen MR) is 57.4 cm³/mol. The van der Waals surface area contributed by atoms with Gasteiger partial charge < -0.3 is 5.11 Å². The quantitative estimate of drug-likeness (QED) is 0.679. The van der Waals surface area contributed by atoms with Crippen LogP contribution in [0.3, 0.4) is 0 Å². The van der Waals surface area contributed by atoms with Gasteiger partial charge in [-0.15, -0.1) is 0 Å². The van der Waals surface area contributed by atoms with Gasteiger partial charge in [0.15, 0.2) is 0 Å². The summed E-state index contributed by atoms with van der Waals surface area (Å²) >= 11 is 0. The van der Waals surface area contributed by atoms with E-state index in [1.807, 2.05) is 0 Å². The van der Waals surface area contributed by atoms with E-state index in [1.165, 1.54) is 12.3 Å². The summed E-state index contributed by atoms with van der Waals surface area (Å²) in [5.74, 6) is -1.23. The molecule has 3 N–H and O–H groups in total. The molecule has 0 aromatic carbocycles. The van der Waals surface area contributed by atoms with Gasteiger partial charge in [-0.2, -0.15) is 13.1 Å². The number of aromatic carboxylic acids is 1. The normalized spacial score (nSPS) is 11.1. The minimum atomic E-state index is -3.74. The van der Waals surface area contributed by atoms with Crippen LogP contribution in [-0.2, 0) is 10.2 Å². The third-order valence-electron chi connectivity index (χ3n) is 1.63. The third kappa shape index (κ3) is 3.17. The van der Waals surface area contributed by atoms with Crippen LogP contribution in [0.5, 0.6) is 0 Å². The molecule has 88 valence electrons. The summed E-state index contributed by atoms with van der Waals surface area (Å²) in [7, 11) is -3.74. The molecule has 1 rings (SSSR count). The van der Waals surface area contributed by atoms with Crippen LogP contribution in [0.4, 0.5) is 5.69 Å². The van der Waals surface area contributed by atoms with E-state index in [-0.39, 0.29) is 17.8 Å². The van der Waals surface area contributed by atoms with E-state index >= 15 is 0 Å². The average Bonchev–Trinajstić information content (AvgIpc) is 2.17. The number of carbonyl (C=O) groups is 1. The summed E-state index contributed by atoms with van der Waals surface area (Å²) in [4.78, 5) is 14.4. The second-order valence-electron chi connectivity index (χ2n) is 2.83. The molecule has 1 aromatic heterocycles. The van der Waals surface area contributed by atoms with Gasteiger partial charge in [0.05, 0.1) is 17.4 Å². The maximum Gasteiger partial charge on any atom is 0.337 e. The maximum atomic E-state index is 11.3. The van der Waals surface area contributed by atoms with Gasteiger partial charge in [0.25, 0.3) is 10.2 Å². The van der Waals surface area contributed by atoms with E-state index in [4.69, 9.17) is 5.11 Å². The van der Waals surface area contributed by atoms with Crippen molar-refractivity contribution >= 4 is 21.9 Å². The minimum Gasteiger partial charge on any atom is -0.478 e. The Hall–Kier alpha value is -1.67. The number of hydrogen-bond donors (Lipinski definition) is 3. The van der Waals surface area contributed by atoms with Gasteiger partial charge in [0, 0.05) is 12.7 Å². The van der Waals surface area contributed by atoms with Crippen molar-refractivity contribution in [3.8, 4) is 0 Å². The van der Waals surface area contributed by atoms with Crippen LogP contribution < -0.4 is 9.44 Å². The van der Waals surface area contributed by atoms with E-state index in [0.717, 1.165) is 6.20 Å². The van der Waals surface area contributed by atoms with Gasteiger partial charge in [-0.25, -0.2) is 4.79 Å². The molecule has 0 atom stereocenters. The van der Waals surface area contributed by atoms with Crippen LogP contribution in [0, 0.1) is 0 Å². The van der Waals surface area contributed by atoms with E-state index in [0.29, 0.717) is 0 Å². The molecule has 0 saturated heterocycles. The fraction of sp³-hybridized carbons (Fsp3) is 0.250. The number of aromatic nitrogens is 1. The van der Waals surface area contributed by atoms with Crippen molar-refractivity contribution in [1.29, 1.82) is 0 Å². The first-order valence-corrected chi connectivity index (χ1v) is 5.89. The van der Waals surface area contributed by atoms with Gasteiger partial charge >= 0.3 is 5.97 Å². The zero-order valence-corrected chi connectivity index (χ0v) is 9.28. The summed E-state index contributed by atoms with van der Waals surface area (Å²) < 4.78 is 26.9. The highest BCUT2D eigenvalue weighted by molar-refractivity contribution is 7.90. The molecule has 0 spiro atoms. The van der Waals surface area contributed by atoms with Crippen LogP contribution in [-0.4, -0.2) is 31.0 Å². The van der Waals surface area contributed by atoms with Crippen LogP contribution in [0.25, 0.3) is 0 Å². The van der Waals surface area contributed by atoms with Crippen molar-refractivity contribution in [1.82, 2.24) is 9.71 Å². The van der Waals surface area contributed by atoms with Gasteiger partial charge in [0.2, 0.25) is 0 Å². The number of nitrogens with zero attached hydrogens (tertiary/aromatic N) is 1. The van der Waals surface area contributed by atoms with E-state index < -0.39 is 16.2 Å². The highest BCUT2D eigenvalue weighted by Crippen LogP contribution is 2.14. The Labute approximate surface area is 92.7 Å². The SMILES string of the molecule is CCNS(=O)(=O)Nc1cnccc1C(=O)O. The Balaban J connectivity index is 3.02. The molecule has 0 amide bonds. The highest BCUT2D eigenvalue weighted by Gasteiger charge is 2.14. The van der Waals surface area contributed by atoms with Crippen molar-refractivity contribution in [3.63, 3.8) is 0 Å². The van der Waals surface area contributed by atoms with Gasteiger partial charge in [-0.3, -0.25) is 9.71 Å². The zero-order chi connectivity index (χ0) is 12.2. The van der Waals surface area contributed by atoms with E-state index in [1.54, 1.807) is 6.92 Å². The Bertz CT molecular complexity index is 486. The third-order valence-corrected chi connectivity index (χ3v) is 2.79. The smallest absolute Gasteiger partial charge is 0.337 e. The minimum absolute atomic E-state index is 0.0732. The number of carboxylic acids is 1. The molecule has 0 unspecified atom stereocenters. The first-order valence-electron chi connectivity index (χ1n) is 4.41. The van der Waals surface area contributed by atoms with Crippen molar-refractivity contribution in [2.24, 2.45) is 0 Å². The number of carboxylic acid groups (broad SMARTS) is 1. The Morgan fingerprint density at radius 1 is 1.56 bits per heavy atom. The summed E-state index contributed by atoms with van der Waals surface area (Å²) in [6.07, 6.45) is 2.41. The molecule has 7 nitrogen and oxygen atoms in total. The van der Waals surface area contributed by atoms with Gasteiger partial charge in [-0.1, -0.05) is 6.92 Å². The first-order chi connectivity index (χ1) is 7.46. The lowest BCUT2D eigenvalue weighted by atomic mass is 10.2. The fourth-order valence-corrected chi connectivity index (χ4v) is 1.94. The summed E-state index contributed by atoms with van der Waals surface area (Å²) in [5.41, 5.74) is -0.229. The molecule has 0 radical (unpaired) electrons. The van der Waals surface area contributed by atoms with Crippen LogP contribution in [0.15, 0.2) is 18.5 Å². The Morgan fingerprint density at radius 3 is 2.81 bits per heavy atom. The van der Waals surface area contributed by atoms with E-state index in [9.17, 15) is 13.2 Å². The second kappa shape index (κ2) is 4.90. The van der Waals surface area contributed by atoms with Gasteiger partial charge in [0.1, 0.15) is 0 Å². The van der Waals surface area contributed by atoms with Crippen molar-refractivity contribution in [2.45, 2.75) is 6.92 Å². The lowest BCUT2D eigenvalue weighted by molar-refractivity contribution is 0.0698. The number of nitrogens with one attached hydrogen (secondary N) is 2. The van der Waals surface area contributed by atoms with Crippen LogP contribution in [0.2, 0.25) is 0 Å².